The van der Waals surface area contributed by atoms with E-state index in [1.165, 1.54) is 0 Å². The third kappa shape index (κ3) is 4.32. The second-order valence-corrected chi connectivity index (χ2v) is 5.76. The minimum absolute atomic E-state index is 0.0841. The van der Waals surface area contributed by atoms with Gasteiger partial charge in [0, 0.05) is 17.0 Å². The van der Waals surface area contributed by atoms with E-state index in [2.05, 4.69) is 4.90 Å². The lowest BCUT2D eigenvalue weighted by Crippen LogP contribution is -2.38. The molecule has 1 aliphatic rings. The minimum Gasteiger partial charge on any atom is -0.370 e. The number of nitrogens with zero attached hydrogens (tertiary/aromatic N) is 1. The van der Waals surface area contributed by atoms with E-state index in [4.69, 9.17) is 17.3 Å². The molecule has 0 spiro atoms. The third-order valence-electron chi connectivity index (χ3n) is 3.71. The summed E-state index contributed by atoms with van der Waals surface area (Å²) in [6.45, 7) is 2.08. The van der Waals surface area contributed by atoms with E-state index in [0.717, 1.165) is 25.9 Å². The van der Waals surface area contributed by atoms with E-state index in [9.17, 15) is 9.59 Å². The Labute approximate surface area is 123 Å². The number of likely N-dealkylation sites (tertiary alicyclic amines) is 1. The normalized spacial score (nSPS) is 17.1. The molecule has 2 rings (SSSR count). The van der Waals surface area contributed by atoms with Gasteiger partial charge < -0.3 is 5.73 Å². The molecule has 0 bridgehead atoms. The van der Waals surface area contributed by atoms with Gasteiger partial charge in [0.1, 0.15) is 0 Å². The van der Waals surface area contributed by atoms with E-state index in [1.807, 2.05) is 0 Å². The zero-order valence-corrected chi connectivity index (χ0v) is 12.1. The van der Waals surface area contributed by atoms with Gasteiger partial charge in [-0.3, -0.25) is 14.5 Å². The Morgan fingerprint density at radius 1 is 1.30 bits per heavy atom. The number of piperidine rings is 1. The van der Waals surface area contributed by atoms with Gasteiger partial charge in [-0.2, -0.15) is 0 Å². The predicted octanol–water partition coefficient (Wildman–Crippen LogP) is 2.11. The zero-order chi connectivity index (χ0) is 14.5. The highest BCUT2D eigenvalue weighted by molar-refractivity contribution is 6.31. The molecule has 2 N–H and O–H groups in total. The number of hydrogen-bond donors (Lipinski definition) is 1. The van der Waals surface area contributed by atoms with Crippen LogP contribution in [-0.4, -0.2) is 36.2 Å². The Morgan fingerprint density at radius 2 is 2.00 bits per heavy atom. The van der Waals surface area contributed by atoms with E-state index >= 15 is 0 Å². The number of benzene rings is 1. The first-order chi connectivity index (χ1) is 9.54. The number of primary amides is 1. The van der Waals surface area contributed by atoms with Gasteiger partial charge in [-0.15, -0.1) is 0 Å². The number of carbonyl (C=O) groups excluding carboxylic acids is 2. The molecule has 5 heteroatoms. The first-order valence-corrected chi connectivity index (χ1v) is 7.22. The average Bonchev–Trinajstić information content (AvgIpc) is 2.40. The zero-order valence-electron chi connectivity index (χ0n) is 11.3. The number of hydrogen-bond acceptors (Lipinski definition) is 3. The Bertz CT molecular complexity index is 496. The van der Waals surface area contributed by atoms with Gasteiger partial charge >= 0.3 is 0 Å². The van der Waals surface area contributed by atoms with Crippen molar-refractivity contribution in [2.24, 2.45) is 11.7 Å². The largest absolute Gasteiger partial charge is 0.370 e. The Kier molecular flexibility index (Phi) is 5.15. The first-order valence-electron chi connectivity index (χ1n) is 6.84. The summed E-state index contributed by atoms with van der Waals surface area (Å²) in [6.07, 6.45) is 2.30. The summed E-state index contributed by atoms with van der Waals surface area (Å²) in [5.41, 5.74) is 5.86. The Balaban J connectivity index is 1.83. The second-order valence-electron chi connectivity index (χ2n) is 5.32. The molecule has 20 heavy (non-hydrogen) atoms. The lowest BCUT2D eigenvalue weighted by atomic mass is 9.93. The Hall–Kier alpha value is -1.39. The van der Waals surface area contributed by atoms with E-state index in [-0.39, 0.29) is 11.7 Å². The molecule has 1 aromatic carbocycles. The number of ketones is 1. The maximum Gasteiger partial charge on any atom is 0.217 e. The molecule has 1 aliphatic heterocycles. The number of halogens is 1. The second kappa shape index (κ2) is 6.86. The van der Waals surface area contributed by atoms with Crippen LogP contribution < -0.4 is 5.73 Å². The van der Waals surface area contributed by atoms with Crippen LogP contribution in [0, 0.1) is 5.92 Å². The molecule has 1 aromatic rings. The van der Waals surface area contributed by atoms with Crippen molar-refractivity contribution in [1.29, 1.82) is 0 Å². The predicted molar refractivity (Wildman–Crippen MR) is 78.8 cm³/mol. The van der Waals surface area contributed by atoms with Crippen LogP contribution in [-0.2, 0) is 4.79 Å². The van der Waals surface area contributed by atoms with Crippen molar-refractivity contribution in [2.75, 3.05) is 19.6 Å². The van der Waals surface area contributed by atoms with Gasteiger partial charge in [-0.25, -0.2) is 0 Å². The fraction of sp³-hybridized carbons (Fsp3) is 0.467. The lowest BCUT2D eigenvalue weighted by molar-refractivity contribution is -0.119. The van der Waals surface area contributed by atoms with Crippen LogP contribution in [0.4, 0.5) is 0 Å². The molecule has 1 amide bonds. The number of nitrogens with two attached hydrogens (primary N) is 1. The summed E-state index contributed by atoms with van der Waals surface area (Å²) in [7, 11) is 0. The van der Waals surface area contributed by atoms with Crippen molar-refractivity contribution in [3.8, 4) is 0 Å². The number of Topliss-reactive ketones (excluding diaryl/α,β-unsaturated/α-hetero) is 1. The smallest absolute Gasteiger partial charge is 0.217 e. The van der Waals surface area contributed by atoms with Crippen LogP contribution in [0.3, 0.4) is 0 Å². The van der Waals surface area contributed by atoms with Gasteiger partial charge in [0.15, 0.2) is 5.78 Å². The fourth-order valence-electron chi connectivity index (χ4n) is 2.59. The standard InChI is InChI=1S/C15H19ClN2O2/c16-13-3-1-2-12(9-13)14(19)10-18-6-4-11(5-7-18)8-15(17)20/h1-3,9,11H,4-8,10H2,(H2,17,20). The van der Waals surface area contributed by atoms with Crippen molar-refractivity contribution >= 4 is 23.3 Å². The molecule has 0 unspecified atom stereocenters. The van der Waals surface area contributed by atoms with Crippen LogP contribution in [0.1, 0.15) is 29.6 Å². The highest BCUT2D eigenvalue weighted by Gasteiger charge is 2.22. The molecule has 0 atom stereocenters. The molecule has 1 saturated heterocycles. The molecule has 0 aromatic heterocycles. The lowest BCUT2D eigenvalue weighted by Gasteiger charge is -2.30. The topological polar surface area (TPSA) is 63.4 Å². The molecule has 0 radical (unpaired) electrons. The van der Waals surface area contributed by atoms with Crippen LogP contribution >= 0.6 is 11.6 Å². The maximum atomic E-state index is 12.1. The van der Waals surface area contributed by atoms with Gasteiger partial charge in [-0.05, 0) is 44.0 Å². The summed E-state index contributed by atoms with van der Waals surface area (Å²) in [5.74, 6) is 0.212. The van der Waals surface area contributed by atoms with E-state index in [0.29, 0.717) is 29.5 Å². The monoisotopic (exact) mass is 294 g/mol. The van der Waals surface area contributed by atoms with Crippen molar-refractivity contribution < 1.29 is 9.59 Å². The van der Waals surface area contributed by atoms with Crippen molar-refractivity contribution in [3.63, 3.8) is 0 Å². The minimum atomic E-state index is -0.238. The molecule has 108 valence electrons. The van der Waals surface area contributed by atoms with E-state index in [1.54, 1.807) is 24.3 Å². The van der Waals surface area contributed by atoms with Crippen LogP contribution in [0.25, 0.3) is 0 Å². The third-order valence-corrected chi connectivity index (χ3v) is 3.95. The average molecular weight is 295 g/mol. The van der Waals surface area contributed by atoms with Crippen LogP contribution in [0.5, 0.6) is 0 Å². The molecule has 1 heterocycles. The van der Waals surface area contributed by atoms with Crippen LogP contribution in [0.15, 0.2) is 24.3 Å². The van der Waals surface area contributed by atoms with Crippen LogP contribution in [0.2, 0.25) is 5.02 Å². The fourth-order valence-corrected chi connectivity index (χ4v) is 2.78. The molecular weight excluding hydrogens is 276 g/mol. The van der Waals surface area contributed by atoms with Crippen molar-refractivity contribution in [2.45, 2.75) is 19.3 Å². The first kappa shape index (κ1) is 15.0. The SMILES string of the molecule is NC(=O)CC1CCN(CC(=O)c2cccc(Cl)c2)CC1. The molecular formula is C15H19ClN2O2. The summed E-state index contributed by atoms with van der Waals surface area (Å²) >= 11 is 5.89. The Morgan fingerprint density at radius 3 is 2.60 bits per heavy atom. The molecule has 0 aliphatic carbocycles. The highest BCUT2D eigenvalue weighted by atomic mass is 35.5. The van der Waals surface area contributed by atoms with Gasteiger partial charge in [0.2, 0.25) is 5.91 Å². The van der Waals surface area contributed by atoms with Crippen molar-refractivity contribution in [3.05, 3.63) is 34.9 Å². The number of amides is 1. The van der Waals surface area contributed by atoms with Gasteiger partial charge in [0.25, 0.3) is 0 Å². The summed E-state index contributed by atoms with van der Waals surface area (Å²) in [4.78, 5) is 25.2. The number of carbonyl (C=O) groups is 2. The van der Waals surface area contributed by atoms with E-state index < -0.39 is 0 Å². The molecule has 1 fully saturated rings. The van der Waals surface area contributed by atoms with Crippen molar-refractivity contribution in [1.82, 2.24) is 4.90 Å². The number of rotatable bonds is 5. The summed E-state index contributed by atoms with van der Waals surface area (Å²) in [6, 6.07) is 7.03. The van der Waals surface area contributed by atoms with Gasteiger partial charge in [0.05, 0.1) is 6.54 Å². The quantitative estimate of drug-likeness (QED) is 0.846. The van der Waals surface area contributed by atoms with Gasteiger partial charge in [-0.1, -0.05) is 23.7 Å². The summed E-state index contributed by atoms with van der Waals surface area (Å²) < 4.78 is 0. The summed E-state index contributed by atoms with van der Waals surface area (Å²) in [5, 5.41) is 0.580. The highest BCUT2D eigenvalue weighted by Crippen LogP contribution is 2.20. The maximum absolute atomic E-state index is 12.1. The molecule has 0 saturated carbocycles. The molecule has 4 nitrogen and oxygen atoms in total.